The molecule has 0 aliphatic carbocycles. The van der Waals surface area contributed by atoms with E-state index >= 15 is 0 Å². The summed E-state index contributed by atoms with van der Waals surface area (Å²) in [4.78, 5) is 13.1. The van der Waals surface area contributed by atoms with E-state index in [9.17, 15) is 5.11 Å². The van der Waals surface area contributed by atoms with E-state index in [0.29, 0.717) is 0 Å². The molecular formula is C22H21N3O2S. The molecule has 142 valence electrons. The van der Waals surface area contributed by atoms with Crippen molar-refractivity contribution < 1.29 is 9.84 Å². The third kappa shape index (κ3) is 3.44. The summed E-state index contributed by atoms with van der Waals surface area (Å²) in [6.45, 7) is -0.0238. The maximum atomic E-state index is 10.1. The molecular weight excluding hydrogens is 370 g/mol. The Morgan fingerprint density at radius 1 is 1.07 bits per heavy atom. The SMILES string of the molecule is COc1ccc([C@H](CO)N(C)c2ncnc3sc(-c4ccccc4)cc23)cc1. The summed E-state index contributed by atoms with van der Waals surface area (Å²) in [5.74, 6) is 1.59. The third-order valence-electron chi connectivity index (χ3n) is 4.84. The monoisotopic (exact) mass is 391 g/mol. The second kappa shape index (κ2) is 7.96. The number of nitrogens with zero attached hydrogens (tertiary/aromatic N) is 3. The van der Waals surface area contributed by atoms with E-state index in [1.807, 2.05) is 54.4 Å². The number of hydrogen-bond acceptors (Lipinski definition) is 6. The lowest BCUT2D eigenvalue weighted by Gasteiger charge is -2.28. The maximum Gasteiger partial charge on any atom is 0.141 e. The summed E-state index contributed by atoms with van der Waals surface area (Å²) in [7, 11) is 3.59. The molecule has 2 aromatic heterocycles. The Kier molecular flexibility index (Phi) is 5.23. The first kappa shape index (κ1) is 18.4. The molecule has 28 heavy (non-hydrogen) atoms. The number of likely N-dealkylation sites (N-methyl/N-ethyl adjacent to an activating group) is 1. The van der Waals surface area contributed by atoms with Crippen LogP contribution in [0.1, 0.15) is 11.6 Å². The molecule has 4 rings (SSSR count). The Hall–Kier alpha value is -2.96. The Morgan fingerprint density at radius 3 is 2.50 bits per heavy atom. The number of aromatic nitrogens is 2. The van der Waals surface area contributed by atoms with E-state index in [4.69, 9.17) is 4.74 Å². The highest BCUT2D eigenvalue weighted by Gasteiger charge is 2.21. The molecule has 0 aliphatic rings. The number of thiophene rings is 1. The van der Waals surface area contributed by atoms with Crippen LogP contribution in [-0.2, 0) is 0 Å². The number of rotatable bonds is 6. The van der Waals surface area contributed by atoms with Crippen LogP contribution in [0.3, 0.4) is 0 Å². The number of hydrogen-bond donors (Lipinski definition) is 1. The van der Waals surface area contributed by atoms with E-state index < -0.39 is 0 Å². The van der Waals surface area contributed by atoms with Crippen LogP contribution in [0.2, 0.25) is 0 Å². The first-order valence-electron chi connectivity index (χ1n) is 8.99. The first-order valence-corrected chi connectivity index (χ1v) is 9.80. The summed E-state index contributed by atoms with van der Waals surface area (Å²) in [6.07, 6.45) is 1.59. The number of fused-ring (bicyclic) bond motifs is 1. The molecule has 0 saturated carbocycles. The van der Waals surface area contributed by atoms with Crippen LogP contribution in [0.5, 0.6) is 5.75 Å². The number of benzene rings is 2. The molecule has 5 nitrogen and oxygen atoms in total. The predicted octanol–water partition coefficient (Wildman–Crippen LogP) is 4.54. The molecule has 0 amide bonds. The van der Waals surface area contributed by atoms with Gasteiger partial charge in [0.15, 0.2) is 0 Å². The molecule has 0 bridgehead atoms. The van der Waals surface area contributed by atoms with Gasteiger partial charge in [0.2, 0.25) is 0 Å². The second-order valence-corrected chi connectivity index (χ2v) is 7.51. The minimum absolute atomic E-state index is 0.0238. The van der Waals surface area contributed by atoms with Crippen molar-refractivity contribution in [3.05, 3.63) is 72.6 Å². The quantitative estimate of drug-likeness (QED) is 0.523. The van der Waals surface area contributed by atoms with Gasteiger partial charge in [0.25, 0.3) is 0 Å². The van der Waals surface area contributed by atoms with E-state index in [2.05, 4.69) is 28.2 Å². The number of anilines is 1. The molecule has 2 heterocycles. The van der Waals surface area contributed by atoms with Gasteiger partial charge in [-0.05, 0) is 29.3 Å². The highest BCUT2D eigenvalue weighted by molar-refractivity contribution is 7.21. The summed E-state index contributed by atoms with van der Waals surface area (Å²) < 4.78 is 5.23. The Balaban J connectivity index is 1.73. The molecule has 1 N–H and O–H groups in total. The van der Waals surface area contributed by atoms with Crippen molar-refractivity contribution in [2.75, 3.05) is 25.7 Å². The summed E-state index contributed by atoms with van der Waals surface area (Å²) in [5.41, 5.74) is 2.16. The molecule has 0 fully saturated rings. The van der Waals surface area contributed by atoms with E-state index in [1.54, 1.807) is 24.8 Å². The smallest absolute Gasteiger partial charge is 0.141 e. The van der Waals surface area contributed by atoms with Crippen molar-refractivity contribution in [1.82, 2.24) is 9.97 Å². The third-order valence-corrected chi connectivity index (χ3v) is 5.93. The fourth-order valence-electron chi connectivity index (χ4n) is 3.29. The van der Waals surface area contributed by atoms with E-state index in [0.717, 1.165) is 37.8 Å². The van der Waals surface area contributed by atoms with Gasteiger partial charge in [0.05, 0.1) is 25.1 Å². The van der Waals surface area contributed by atoms with E-state index in [-0.39, 0.29) is 12.6 Å². The van der Waals surface area contributed by atoms with Crippen LogP contribution in [-0.4, -0.2) is 35.8 Å². The van der Waals surface area contributed by atoms with Gasteiger partial charge in [-0.3, -0.25) is 0 Å². The van der Waals surface area contributed by atoms with Gasteiger partial charge in [-0.25, -0.2) is 9.97 Å². The maximum absolute atomic E-state index is 10.1. The van der Waals surface area contributed by atoms with Crippen LogP contribution < -0.4 is 9.64 Å². The molecule has 1 atom stereocenters. The molecule has 2 aromatic carbocycles. The minimum atomic E-state index is -0.218. The predicted molar refractivity (Wildman–Crippen MR) is 114 cm³/mol. The lowest BCUT2D eigenvalue weighted by molar-refractivity contribution is 0.264. The van der Waals surface area contributed by atoms with Crippen molar-refractivity contribution in [3.63, 3.8) is 0 Å². The fraction of sp³-hybridized carbons (Fsp3) is 0.182. The zero-order chi connectivity index (χ0) is 19.5. The molecule has 0 radical (unpaired) electrons. The van der Waals surface area contributed by atoms with E-state index in [1.165, 1.54) is 0 Å². The van der Waals surface area contributed by atoms with Gasteiger partial charge in [-0.15, -0.1) is 11.3 Å². The van der Waals surface area contributed by atoms with Gasteiger partial charge >= 0.3 is 0 Å². The largest absolute Gasteiger partial charge is 0.497 e. The normalized spacial score (nSPS) is 12.1. The summed E-state index contributed by atoms with van der Waals surface area (Å²) in [6, 6.07) is 19.9. The average molecular weight is 391 g/mol. The number of methoxy groups -OCH3 is 1. The van der Waals surface area contributed by atoms with Crippen molar-refractivity contribution in [3.8, 4) is 16.2 Å². The lowest BCUT2D eigenvalue weighted by Crippen LogP contribution is -2.28. The van der Waals surface area contributed by atoms with Crippen molar-refractivity contribution in [1.29, 1.82) is 0 Å². The molecule has 4 aromatic rings. The average Bonchev–Trinajstić information content (AvgIpc) is 3.20. The van der Waals surface area contributed by atoms with Crippen LogP contribution in [0, 0.1) is 0 Å². The van der Waals surface area contributed by atoms with Crippen LogP contribution in [0.15, 0.2) is 67.0 Å². The molecule has 0 spiro atoms. The van der Waals surface area contributed by atoms with Gasteiger partial charge in [0.1, 0.15) is 22.7 Å². The first-order chi connectivity index (χ1) is 13.7. The topological polar surface area (TPSA) is 58.5 Å². The molecule has 0 unspecified atom stereocenters. The lowest BCUT2D eigenvalue weighted by atomic mass is 10.1. The minimum Gasteiger partial charge on any atom is -0.497 e. The standard InChI is InChI=1S/C22H21N3O2S/c1-25(19(13-26)15-8-10-17(27-2)11-9-15)21-18-12-20(16-6-4-3-5-7-16)28-22(18)24-14-23-21/h3-12,14,19,26H,13H2,1-2H3/t19-/m0/s1. The second-order valence-electron chi connectivity index (χ2n) is 6.48. The number of aliphatic hydroxyl groups is 1. The summed E-state index contributed by atoms with van der Waals surface area (Å²) >= 11 is 1.65. The zero-order valence-electron chi connectivity index (χ0n) is 15.7. The van der Waals surface area contributed by atoms with Gasteiger partial charge < -0.3 is 14.7 Å². The fourth-order valence-corrected chi connectivity index (χ4v) is 4.29. The van der Waals surface area contributed by atoms with Crippen molar-refractivity contribution >= 4 is 27.4 Å². The van der Waals surface area contributed by atoms with Crippen LogP contribution >= 0.6 is 11.3 Å². The summed E-state index contributed by atoms with van der Waals surface area (Å²) in [5, 5.41) is 11.1. The Labute approximate surface area is 167 Å². The Bertz CT molecular complexity index is 1060. The zero-order valence-corrected chi connectivity index (χ0v) is 16.6. The van der Waals surface area contributed by atoms with Gasteiger partial charge in [0, 0.05) is 11.9 Å². The highest BCUT2D eigenvalue weighted by atomic mass is 32.1. The van der Waals surface area contributed by atoms with Gasteiger partial charge in [-0.1, -0.05) is 42.5 Å². The van der Waals surface area contributed by atoms with Gasteiger partial charge in [-0.2, -0.15) is 0 Å². The van der Waals surface area contributed by atoms with Crippen molar-refractivity contribution in [2.24, 2.45) is 0 Å². The van der Waals surface area contributed by atoms with Crippen LogP contribution in [0.4, 0.5) is 5.82 Å². The number of ether oxygens (including phenoxy) is 1. The molecule has 0 saturated heterocycles. The number of aliphatic hydroxyl groups excluding tert-OH is 1. The molecule has 0 aliphatic heterocycles. The highest BCUT2D eigenvalue weighted by Crippen LogP contribution is 2.37. The Morgan fingerprint density at radius 2 is 1.82 bits per heavy atom. The van der Waals surface area contributed by atoms with Crippen molar-refractivity contribution in [2.45, 2.75) is 6.04 Å². The van der Waals surface area contributed by atoms with Crippen LogP contribution in [0.25, 0.3) is 20.7 Å². The molecule has 6 heteroatoms.